The largest absolute Gasteiger partial charge is 0.494 e. The highest BCUT2D eigenvalue weighted by atomic mass is 16.5. The van der Waals surface area contributed by atoms with Gasteiger partial charge in [-0.3, -0.25) is 0 Å². The number of aromatic nitrogens is 2. The van der Waals surface area contributed by atoms with Gasteiger partial charge in [0.1, 0.15) is 11.4 Å². The molecule has 162 valence electrons. The Kier molecular flexibility index (Phi) is 8.32. The highest BCUT2D eigenvalue weighted by Gasteiger charge is 2.08. The van der Waals surface area contributed by atoms with E-state index in [0.29, 0.717) is 0 Å². The molecule has 4 heteroatoms. The van der Waals surface area contributed by atoms with Crippen LogP contribution in [-0.2, 0) is 0 Å². The van der Waals surface area contributed by atoms with Gasteiger partial charge in [-0.25, -0.2) is 4.98 Å². The highest BCUT2D eigenvalue weighted by molar-refractivity contribution is 5.64. The van der Waals surface area contributed by atoms with Crippen LogP contribution in [0.1, 0.15) is 57.2 Å². The molecule has 0 aliphatic rings. The van der Waals surface area contributed by atoms with Crippen molar-refractivity contribution in [3.8, 4) is 17.0 Å². The summed E-state index contributed by atoms with van der Waals surface area (Å²) >= 11 is 0. The fourth-order valence-electron chi connectivity index (χ4n) is 3.86. The third-order valence-corrected chi connectivity index (χ3v) is 5.60. The first-order valence-corrected chi connectivity index (χ1v) is 11.5. The number of pyridine rings is 1. The van der Waals surface area contributed by atoms with Gasteiger partial charge in [-0.2, -0.15) is 0 Å². The average molecular weight is 408 g/mol. The number of hydrogen-bond acceptors (Lipinski definition) is 3. The Morgan fingerprint density at radius 3 is 2.23 bits per heavy atom. The minimum Gasteiger partial charge on any atom is -0.494 e. The summed E-state index contributed by atoms with van der Waals surface area (Å²) in [6, 6.07) is 12.6. The van der Waals surface area contributed by atoms with Crippen LogP contribution in [0.2, 0.25) is 0 Å². The van der Waals surface area contributed by atoms with Gasteiger partial charge in [0.2, 0.25) is 0 Å². The summed E-state index contributed by atoms with van der Waals surface area (Å²) in [5, 5.41) is 0. The van der Waals surface area contributed by atoms with Crippen molar-refractivity contribution in [2.24, 2.45) is 0 Å². The SMILES string of the molecule is CCCCN(CCCC)CCCOc1ccc(-c2cn3c(C)cc(C)cc3n2)cc1. The predicted molar refractivity (Wildman–Crippen MR) is 126 cm³/mol. The second-order valence-electron chi connectivity index (χ2n) is 8.30. The topological polar surface area (TPSA) is 29.8 Å². The monoisotopic (exact) mass is 407 g/mol. The normalized spacial score (nSPS) is 11.5. The lowest BCUT2D eigenvalue weighted by atomic mass is 10.1. The summed E-state index contributed by atoms with van der Waals surface area (Å²) in [6.45, 7) is 13.1. The molecule has 0 atom stereocenters. The second kappa shape index (κ2) is 11.2. The summed E-state index contributed by atoms with van der Waals surface area (Å²) in [6.07, 6.45) is 8.28. The molecule has 2 aromatic heterocycles. The average Bonchev–Trinajstić information content (AvgIpc) is 3.17. The van der Waals surface area contributed by atoms with E-state index >= 15 is 0 Å². The van der Waals surface area contributed by atoms with Crippen LogP contribution in [-0.4, -0.2) is 40.5 Å². The Bertz CT molecular complexity index is 906. The first-order valence-electron chi connectivity index (χ1n) is 11.5. The number of benzene rings is 1. The van der Waals surface area contributed by atoms with E-state index in [1.54, 1.807) is 0 Å². The predicted octanol–water partition coefficient (Wildman–Crippen LogP) is 6.29. The smallest absolute Gasteiger partial charge is 0.137 e. The van der Waals surface area contributed by atoms with Crippen LogP contribution in [0, 0.1) is 13.8 Å². The Morgan fingerprint density at radius 1 is 0.900 bits per heavy atom. The first-order chi connectivity index (χ1) is 14.6. The quantitative estimate of drug-likeness (QED) is 0.331. The minimum atomic E-state index is 0.765. The Balaban J connectivity index is 1.53. The molecule has 3 rings (SSSR count). The Labute approximate surface area is 181 Å². The molecule has 1 aromatic carbocycles. The molecule has 0 amide bonds. The lowest BCUT2D eigenvalue weighted by Gasteiger charge is -2.21. The molecule has 3 aromatic rings. The zero-order valence-electron chi connectivity index (χ0n) is 19.2. The van der Waals surface area contributed by atoms with Gasteiger partial charge in [0, 0.05) is 24.0 Å². The van der Waals surface area contributed by atoms with Gasteiger partial charge in [0.05, 0.1) is 12.3 Å². The number of aryl methyl sites for hydroxylation is 2. The van der Waals surface area contributed by atoms with Crippen LogP contribution in [0.4, 0.5) is 0 Å². The van der Waals surface area contributed by atoms with E-state index in [2.05, 4.69) is 79.6 Å². The van der Waals surface area contributed by atoms with Crippen molar-refractivity contribution < 1.29 is 4.74 Å². The van der Waals surface area contributed by atoms with Crippen molar-refractivity contribution in [1.29, 1.82) is 0 Å². The van der Waals surface area contributed by atoms with Crippen LogP contribution in [0.15, 0.2) is 42.6 Å². The van der Waals surface area contributed by atoms with Crippen LogP contribution in [0.3, 0.4) is 0 Å². The van der Waals surface area contributed by atoms with Crippen molar-refractivity contribution in [1.82, 2.24) is 14.3 Å². The molecule has 30 heavy (non-hydrogen) atoms. The number of unbranched alkanes of at least 4 members (excludes halogenated alkanes) is 2. The third-order valence-electron chi connectivity index (χ3n) is 5.60. The molecule has 0 bridgehead atoms. The highest BCUT2D eigenvalue weighted by Crippen LogP contribution is 2.23. The molecule has 2 heterocycles. The van der Waals surface area contributed by atoms with Crippen LogP contribution < -0.4 is 4.74 Å². The number of nitrogens with zero attached hydrogens (tertiary/aromatic N) is 3. The van der Waals surface area contributed by atoms with Crippen molar-refractivity contribution >= 4 is 5.65 Å². The number of imidazole rings is 1. The minimum absolute atomic E-state index is 0.765. The summed E-state index contributed by atoms with van der Waals surface area (Å²) < 4.78 is 8.15. The molecular formula is C26H37N3O. The molecule has 0 unspecified atom stereocenters. The van der Waals surface area contributed by atoms with E-state index in [-0.39, 0.29) is 0 Å². The molecular weight excluding hydrogens is 370 g/mol. The molecule has 0 saturated heterocycles. The zero-order valence-corrected chi connectivity index (χ0v) is 19.2. The van der Waals surface area contributed by atoms with E-state index in [9.17, 15) is 0 Å². The van der Waals surface area contributed by atoms with E-state index < -0.39 is 0 Å². The Morgan fingerprint density at radius 2 is 1.57 bits per heavy atom. The molecule has 0 saturated carbocycles. The van der Waals surface area contributed by atoms with Gasteiger partial charge in [-0.05, 0) is 88.2 Å². The summed E-state index contributed by atoms with van der Waals surface area (Å²) in [4.78, 5) is 7.38. The van der Waals surface area contributed by atoms with Crippen LogP contribution in [0.25, 0.3) is 16.9 Å². The van der Waals surface area contributed by atoms with Gasteiger partial charge in [-0.1, -0.05) is 26.7 Å². The zero-order chi connectivity index (χ0) is 21.3. The van der Waals surface area contributed by atoms with Crippen molar-refractivity contribution in [3.63, 3.8) is 0 Å². The number of hydrogen-bond donors (Lipinski definition) is 0. The molecule has 4 nitrogen and oxygen atoms in total. The Hall–Kier alpha value is -2.33. The van der Waals surface area contributed by atoms with Gasteiger partial charge in [-0.15, -0.1) is 0 Å². The van der Waals surface area contributed by atoms with Crippen molar-refractivity contribution in [3.05, 3.63) is 53.9 Å². The van der Waals surface area contributed by atoms with Crippen molar-refractivity contribution in [2.75, 3.05) is 26.2 Å². The maximum atomic E-state index is 6.00. The van der Waals surface area contributed by atoms with Crippen molar-refractivity contribution in [2.45, 2.75) is 59.8 Å². The van der Waals surface area contributed by atoms with Gasteiger partial charge in [0.15, 0.2) is 0 Å². The lowest BCUT2D eigenvalue weighted by molar-refractivity contribution is 0.229. The van der Waals surface area contributed by atoms with Gasteiger partial charge < -0.3 is 14.0 Å². The summed E-state index contributed by atoms with van der Waals surface area (Å²) in [5.41, 5.74) is 5.56. The van der Waals surface area contributed by atoms with Crippen LogP contribution in [0.5, 0.6) is 5.75 Å². The van der Waals surface area contributed by atoms with E-state index in [1.165, 1.54) is 50.0 Å². The van der Waals surface area contributed by atoms with Gasteiger partial charge in [0.25, 0.3) is 0 Å². The molecule has 0 fully saturated rings. The summed E-state index contributed by atoms with van der Waals surface area (Å²) in [7, 11) is 0. The number of ether oxygens (including phenoxy) is 1. The first kappa shape index (κ1) is 22.4. The lowest BCUT2D eigenvalue weighted by Crippen LogP contribution is -2.28. The third kappa shape index (κ3) is 6.09. The fourth-order valence-corrected chi connectivity index (χ4v) is 3.86. The molecule has 0 spiro atoms. The maximum absolute atomic E-state index is 6.00. The second-order valence-corrected chi connectivity index (χ2v) is 8.30. The number of fused-ring (bicyclic) bond motifs is 1. The van der Waals surface area contributed by atoms with Crippen LogP contribution >= 0.6 is 0 Å². The van der Waals surface area contributed by atoms with Gasteiger partial charge >= 0.3 is 0 Å². The standard InChI is InChI=1S/C26H37N3O/c1-5-7-14-28(15-8-6-2)16-9-17-30-24-12-10-23(11-13-24)25-20-29-22(4)18-21(3)19-26(29)27-25/h10-13,18-20H,5-9,14-17H2,1-4H3. The molecule has 0 radical (unpaired) electrons. The van der Waals surface area contributed by atoms with E-state index in [4.69, 9.17) is 9.72 Å². The van der Waals surface area contributed by atoms with E-state index in [1.807, 2.05) is 0 Å². The molecule has 0 N–H and O–H groups in total. The summed E-state index contributed by atoms with van der Waals surface area (Å²) in [5.74, 6) is 0.934. The molecule has 0 aliphatic heterocycles. The molecule has 0 aliphatic carbocycles. The maximum Gasteiger partial charge on any atom is 0.137 e. The number of rotatable bonds is 12. The van der Waals surface area contributed by atoms with E-state index in [0.717, 1.165) is 42.2 Å². The fraction of sp³-hybridized carbons (Fsp3) is 0.500.